The molecule has 0 heterocycles. The molecule has 0 spiro atoms. The molecule has 0 aliphatic heterocycles. The molecular formula is C16H21NO3. The molecule has 0 atom stereocenters. The quantitative estimate of drug-likeness (QED) is 0.584. The molecule has 0 radical (unpaired) electrons. The van der Waals surface area contributed by atoms with Gasteiger partial charge < -0.3 is 14.8 Å². The van der Waals surface area contributed by atoms with Gasteiger partial charge in [-0.3, -0.25) is 4.79 Å². The number of hydrogen-bond donors (Lipinski definition) is 1. The zero-order chi connectivity index (χ0) is 15.0. The van der Waals surface area contributed by atoms with Crippen molar-refractivity contribution < 1.29 is 14.3 Å². The van der Waals surface area contributed by atoms with Crippen LogP contribution in [0.2, 0.25) is 0 Å². The van der Waals surface area contributed by atoms with E-state index >= 15 is 0 Å². The molecule has 0 amide bonds. The van der Waals surface area contributed by atoms with Crippen molar-refractivity contribution in [3.63, 3.8) is 0 Å². The van der Waals surface area contributed by atoms with Crippen molar-refractivity contribution in [3.05, 3.63) is 36.5 Å². The maximum atomic E-state index is 11.8. The van der Waals surface area contributed by atoms with Crippen molar-refractivity contribution in [1.29, 1.82) is 0 Å². The third-order valence-electron chi connectivity index (χ3n) is 2.88. The summed E-state index contributed by atoms with van der Waals surface area (Å²) in [6, 6.07) is 7.44. The fraction of sp³-hybridized carbons (Fsp3) is 0.375. The zero-order valence-electron chi connectivity index (χ0n) is 12.2. The normalized spacial score (nSPS) is 11.3. The molecule has 20 heavy (non-hydrogen) atoms. The molecule has 0 saturated carbocycles. The van der Waals surface area contributed by atoms with Gasteiger partial charge in [0.15, 0.2) is 5.78 Å². The van der Waals surface area contributed by atoms with Gasteiger partial charge >= 0.3 is 0 Å². The summed E-state index contributed by atoms with van der Waals surface area (Å²) in [5.41, 5.74) is 0.555. The minimum absolute atomic E-state index is 0.00718. The van der Waals surface area contributed by atoms with E-state index in [0.717, 1.165) is 17.7 Å². The maximum absolute atomic E-state index is 11.8. The Kier molecular flexibility index (Phi) is 5.97. The summed E-state index contributed by atoms with van der Waals surface area (Å²) >= 11 is 0. The van der Waals surface area contributed by atoms with Crippen LogP contribution in [0, 0.1) is 5.41 Å². The molecule has 0 fully saturated rings. The van der Waals surface area contributed by atoms with Crippen molar-refractivity contribution >= 4 is 17.8 Å². The number of carbonyl (C=O) groups excluding carboxylic acids is 2. The van der Waals surface area contributed by atoms with Crippen LogP contribution in [0.5, 0.6) is 5.75 Å². The fourth-order valence-electron chi connectivity index (χ4n) is 1.77. The van der Waals surface area contributed by atoms with Gasteiger partial charge in [-0.15, -0.1) is 0 Å². The van der Waals surface area contributed by atoms with Crippen LogP contribution in [0.15, 0.2) is 36.5 Å². The van der Waals surface area contributed by atoms with Gasteiger partial charge in [-0.1, -0.05) is 19.9 Å². The van der Waals surface area contributed by atoms with E-state index in [1.165, 1.54) is 6.08 Å². The first-order chi connectivity index (χ1) is 9.46. The molecule has 1 rings (SSSR count). The lowest BCUT2D eigenvalue weighted by Gasteiger charge is -2.19. The molecule has 0 saturated heterocycles. The first-order valence-electron chi connectivity index (χ1n) is 6.50. The summed E-state index contributed by atoms with van der Waals surface area (Å²) in [4.78, 5) is 22.3. The van der Waals surface area contributed by atoms with Gasteiger partial charge in [0.25, 0.3) is 0 Å². The van der Waals surface area contributed by atoms with Gasteiger partial charge in [-0.2, -0.15) is 0 Å². The molecule has 108 valence electrons. The number of allylic oxidation sites excluding steroid dienone is 1. The molecule has 1 aromatic rings. The van der Waals surface area contributed by atoms with E-state index in [1.54, 1.807) is 13.3 Å². The molecule has 0 aliphatic rings. The molecule has 1 aromatic carbocycles. The monoisotopic (exact) mass is 275 g/mol. The van der Waals surface area contributed by atoms with Crippen LogP contribution in [-0.4, -0.2) is 19.2 Å². The minimum Gasteiger partial charge on any atom is -0.497 e. The van der Waals surface area contributed by atoms with Crippen LogP contribution >= 0.6 is 0 Å². The highest BCUT2D eigenvalue weighted by Crippen LogP contribution is 2.24. The number of anilines is 1. The average molecular weight is 275 g/mol. The third-order valence-corrected chi connectivity index (χ3v) is 2.88. The fourth-order valence-corrected chi connectivity index (χ4v) is 1.77. The Morgan fingerprint density at radius 3 is 2.80 bits per heavy atom. The van der Waals surface area contributed by atoms with Gasteiger partial charge in [0, 0.05) is 30.8 Å². The van der Waals surface area contributed by atoms with E-state index < -0.39 is 0 Å². The first-order valence-corrected chi connectivity index (χ1v) is 6.50. The van der Waals surface area contributed by atoms with Crippen molar-refractivity contribution in [2.75, 3.05) is 12.4 Å². The number of nitrogens with one attached hydrogen (secondary N) is 1. The summed E-state index contributed by atoms with van der Waals surface area (Å²) in [5, 5.41) is 3.02. The largest absolute Gasteiger partial charge is 0.497 e. The van der Waals surface area contributed by atoms with Crippen LogP contribution in [0.25, 0.3) is 0 Å². The Balaban J connectivity index is 2.51. The Labute approximate surface area is 119 Å². The number of methoxy groups -OCH3 is 1. The molecule has 1 N–H and O–H groups in total. The van der Waals surface area contributed by atoms with Gasteiger partial charge in [0.05, 0.1) is 7.11 Å². The molecule has 0 aliphatic carbocycles. The van der Waals surface area contributed by atoms with Crippen LogP contribution in [0.4, 0.5) is 5.69 Å². The van der Waals surface area contributed by atoms with Crippen LogP contribution in [0.3, 0.4) is 0 Å². The van der Waals surface area contributed by atoms with Gasteiger partial charge in [0.2, 0.25) is 0 Å². The molecule has 0 bridgehead atoms. The summed E-state index contributed by atoms with van der Waals surface area (Å²) in [6.45, 7) is 3.81. The Hall–Kier alpha value is -2.10. The summed E-state index contributed by atoms with van der Waals surface area (Å²) < 4.78 is 5.11. The number of benzene rings is 1. The van der Waals surface area contributed by atoms with Gasteiger partial charge in [-0.05, 0) is 23.6 Å². The van der Waals surface area contributed by atoms with Crippen LogP contribution < -0.4 is 10.1 Å². The van der Waals surface area contributed by atoms with Crippen molar-refractivity contribution in [1.82, 2.24) is 0 Å². The lowest BCUT2D eigenvalue weighted by molar-refractivity contribution is -0.117. The van der Waals surface area contributed by atoms with Crippen molar-refractivity contribution in [2.45, 2.75) is 26.7 Å². The summed E-state index contributed by atoms with van der Waals surface area (Å²) in [7, 11) is 1.60. The smallest absolute Gasteiger partial charge is 0.157 e. The second-order valence-electron chi connectivity index (χ2n) is 5.39. The van der Waals surface area contributed by atoms with Gasteiger partial charge in [0.1, 0.15) is 12.0 Å². The Morgan fingerprint density at radius 1 is 1.40 bits per heavy atom. The third kappa shape index (κ3) is 5.69. The number of ether oxygens (including phenoxy) is 1. The predicted octanol–water partition coefficient (Wildman–Crippen LogP) is 3.20. The number of ketones is 1. The lowest BCUT2D eigenvalue weighted by Crippen LogP contribution is -2.16. The number of aldehydes is 1. The van der Waals surface area contributed by atoms with Crippen LogP contribution in [0.1, 0.15) is 26.7 Å². The molecule has 4 heteroatoms. The van der Waals surface area contributed by atoms with Crippen molar-refractivity contribution in [3.8, 4) is 5.75 Å². The predicted molar refractivity (Wildman–Crippen MR) is 79.8 cm³/mol. The SMILES string of the molecule is COc1cccc(N/C=C/C(=O)CC(C)(C)CC=O)c1. The van der Waals surface area contributed by atoms with Gasteiger partial charge in [-0.25, -0.2) is 0 Å². The maximum Gasteiger partial charge on any atom is 0.157 e. The topological polar surface area (TPSA) is 55.4 Å². The van der Waals surface area contributed by atoms with E-state index in [1.807, 2.05) is 38.1 Å². The van der Waals surface area contributed by atoms with E-state index in [9.17, 15) is 9.59 Å². The second kappa shape index (κ2) is 7.48. The Morgan fingerprint density at radius 2 is 2.15 bits per heavy atom. The summed E-state index contributed by atoms with van der Waals surface area (Å²) in [6.07, 6.45) is 4.68. The highest BCUT2D eigenvalue weighted by atomic mass is 16.5. The average Bonchev–Trinajstić information content (AvgIpc) is 2.38. The van der Waals surface area contributed by atoms with Crippen LogP contribution in [-0.2, 0) is 9.59 Å². The molecular weight excluding hydrogens is 254 g/mol. The number of carbonyl (C=O) groups is 2. The van der Waals surface area contributed by atoms with E-state index in [0.29, 0.717) is 12.8 Å². The second-order valence-corrected chi connectivity index (χ2v) is 5.39. The molecule has 0 aromatic heterocycles. The summed E-state index contributed by atoms with van der Waals surface area (Å²) in [5.74, 6) is 0.745. The van der Waals surface area contributed by atoms with E-state index in [4.69, 9.17) is 4.74 Å². The zero-order valence-corrected chi connectivity index (χ0v) is 12.2. The Bertz CT molecular complexity index is 492. The molecule has 0 unspecified atom stereocenters. The lowest BCUT2D eigenvalue weighted by atomic mass is 9.84. The van der Waals surface area contributed by atoms with E-state index in [-0.39, 0.29) is 11.2 Å². The molecule has 4 nitrogen and oxygen atoms in total. The van der Waals surface area contributed by atoms with E-state index in [2.05, 4.69) is 5.32 Å². The standard InChI is InChI=1S/C16H21NO3/c1-16(2,8-10-18)12-14(19)7-9-17-13-5-4-6-15(11-13)20-3/h4-7,9-11,17H,8,12H2,1-3H3/b9-7+. The van der Waals surface area contributed by atoms with Crippen molar-refractivity contribution in [2.24, 2.45) is 5.41 Å². The highest BCUT2D eigenvalue weighted by molar-refractivity contribution is 5.90. The first kappa shape index (κ1) is 16.0. The highest BCUT2D eigenvalue weighted by Gasteiger charge is 2.19. The number of rotatable bonds is 8. The number of hydrogen-bond acceptors (Lipinski definition) is 4. The minimum atomic E-state index is -0.293.